The highest BCUT2D eigenvalue weighted by Crippen LogP contribution is 2.19. The molecule has 1 aliphatic heterocycles. The number of anilines is 1. The van der Waals surface area contributed by atoms with E-state index in [2.05, 4.69) is 24.1 Å². The van der Waals surface area contributed by atoms with Crippen LogP contribution in [0.25, 0.3) is 10.9 Å². The van der Waals surface area contributed by atoms with E-state index < -0.39 is 0 Å². The quantitative estimate of drug-likeness (QED) is 0.584. The van der Waals surface area contributed by atoms with Gasteiger partial charge in [0.25, 0.3) is 5.56 Å². The molecule has 1 aromatic heterocycles. The lowest BCUT2D eigenvalue weighted by atomic mass is 10.0. The molecule has 2 aromatic carbocycles. The molecule has 1 aliphatic rings. The van der Waals surface area contributed by atoms with E-state index >= 15 is 0 Å². The number of hydrogen-bond donors (Lipinski definition) is 2. The van der Waals surface area contributed by atoms with Gasteiger partial charge in [0.2, 0.25) is 0 Å². The molecule has 0 spiro atoms. The van der Waals surface area contributed by atoms with E-state index in [1.54, 1.807) is 4.90 Å². The summed E-state index contributed by atoms with van der Waals surface area (Å²) in [5, 5.41) is 3.90. The standard InChI is InChI=1S/C26H31N3O4/c1-17(2)19-5-7-22(8-6-19)27-26(31)29(15-23-16-32-10-11-33-23)14-21-13-20-12-18(3)4-9-24(20)28-25(21)30/h4-9,12-13,17,23H,10-11,14-16H2,1-3H3,(H,27,31)(H,28,30)/t23-/m1/s1. The largest absolute Gasteiger partial charge is 0.376 e. The summed E-state index contributed by atoms with van der Waals surface area (Å²) in [6, 6.07) is 15.3. The number of nitrogens with one attached hydrogen (secondary N) is 2. The molecule has 7 heteroatoms. The zero-order valence-electron chi connectivity index (χ0n) is 19.4. The lowest BCUT2D eigenvalue weighted by molar-refractivity contribution is -0.0943. The second-order valence-electron chi connectivity index (χ2n) is 8.87. The maximum Gasteiger partial charge on any atom is 0.322 e. The summed E-state index contributed by atoms with van der Waals surface area (Å²) in [4.78, 5) is 30.5. The van der Waals surface area contributed by atoms with Gasteiger partial charge in [-0.25, -0.2) is 4.79 Å². The van der Waals surface area contributed by atoms with Crippen molar-refractivity contribution in [3.8, 4) is 0 Å². The number of fused-ring (bicyclic) bond motifs is 1. The Morgan fingerprint density at radius 1 is 1.15 bits per heavy atom. The first-order valence-corrected chi connectivity index (χ1v) is 11.4. The number of urea groups is 1. The van der Waals surface area contributed by atoms with Crippen molar-refractivity contribution in [2.75, 3.05) is 31.7 Å². The van der Waals surface area contributed by atoms with E-state index in [4.69, 9.17) is 9.47 Å². The van der Waals surface area contributed by atoms with E-state index in [1.165, 1.54) is 5.56 Å². The van der Waals surface area contributed by atoms with Crippen LogP contribution < -0.4 is 10.9 Å². The van der Waals surface area contributed by atoms with Gasteiger partial charge in [-0.15, -0.1) is 0 Å². The summed E-state index contributed by atoms with van der Waals surface area (Å²) in [7, 11) is 0. The molecule has 1 saturated heterocycles. The highest BCUT2D eigenvalue weighted by Gasteiger charge is 2.23. The molecular formula is C26H31N3O4. The molecule has 2 heterocycles. The zero-order valence-corrected chi connectivity index (χ0v) is 19.4. The van der Waals surface area contributed by atoms with Gasteiger partial charge in [0.1, 0.15) is 0 Å². The van der Waals surface area contributed by atoms with Gasteiger partial charge < -0.3 is 24.7 Å². The smallest absolute Gasteiger partial charge is 0.322 e. The number of pyridine rings is 1. The van der Waals surface area contributed by atoms with Crippen molar-refractivity contribution >= 4 is 22.6 Å². The Morgan fingerprint density at radius 2 is 1.94 bits per heavy atom. The highest BCUT2D eigenvalue weighted by molar-refractivity contribution is 5.89. The molecule has 2 N–H and O–H groups in total. The maximum atomic E-state index is 13.2. The second-order valence-corrected chi connectivity index (χ2v) is 8.87. The normalized spacial score (nSPS) is 16.2. The third kappa shape index (κ3) is 5.80. The van der Waals surface area contributed by atoms with Gasteiger partial charge in [-0.1, -0.05) is 37.6 Å². The Kier molecular flexibility index (Phi) is 7.11. The van der Waals surface area contributed by atoms with E-state index in [1.807, 2.05) is 55.5 Å². The number of aromatic amines is 1. The van der Waals surface area contributed by atoms with Gasteiger partial charge in [-0.3, -0.25) is 4.79 Å². The van der Waals surface area contributed by atoms with Crippen LogP contribution in [0.15, 0.2) is 53.3 Å². The Hall–Kier alpha value is -3.16. The summed E-state index contributed by atoms with van der Waals surface area (Å²) >= 11 is 0. The maximum absolute atomic E-state index is 13.2. The van der Waals surface area contributed by atoms with Gasteiger partial charge in [0, 0.05) is 16.8 Å². The van der Waals surface area contributed by atoms with Gasteiger partial charge in [-0.2, -0.15) is 0 Å². The van der Waals surface area contributed by atoms with Crippen LogP contribution in [-0.2, 0) is 16.0 Å². The highest BCUT2D eigenvalue weighted by atomic mass is 16.6. The van der Waals surface area contributed by atoms with Crippen molar-refractivity contribution in [3.63, 3.8) is 0 Å². The fraction of sp³-hybridized carbons (Fsp3) is 0.385. The number of carbonyl (C=O) groups is 1. The van der Waals surface area contributed by atoms with Crippen LogP contribution in [-0.4, -0.2) is 48.4 Å². The van der Waals surface area contributed by atoms with Crippen LogP contribution in [0.5, 0.6) is 0 Å². The summed E-state index contributed by atoms with van der Waals surface area (Å²) in [6.07, 6.45) is -0.241. The third-order valence-electron chi connectivity index (χ3n) is 5.86. The number of aromatic nitrogens is 1. The number of carbonyl (C=O) groups excluding carboxylic acids is 1. The summed E-state index contributed by atoms with van der Waals surface area (Å²) in [6.45, 7) is 8.21. The molecule has 0 unspecified atom stereocenters. The number of hydrogen-bond acceptors (Lipinski definition) is 4. The number of rotatable bonds is 6. The SMILES string of the molecule is Cc1ccc2[nH]c(=O)c(CN(C[C@@H]3COCCO3)C(=O)Nc3ccc(C(C)C)cc3)cc2c1. The number of benzene rings is 2. The average molecular weight is 450 g/mol. The van der Waals surface area contributed by atoms with Gasteiger partial charge in [0.15, 0.2) is 0 Å². The molecule has 1 fully saturated rings. The minimum Gasteiger partial charge on any atom is -0.376 e. The second kappa shape index (κ2) is 10.2. The monoisotopic (exact) mass is 449 g/mol. The molecule has 7 nitrogen and oxygen atoms in total. The van der Waals surface area contributed by atoms with Crippen LogP contribution in [0.2, 0.25) is 0 Å². The predicted molar refractivity (Wildman–Crippen MR) is 130 cm³/mol. The topological polar surface area (TPSA) is 83.7 Å². The van der Waals surface area contributed by atoms with Crippen LogP contribution in [0, 0.1) is 6.92 Å². The molecule has 0 saturated carbocycles. The molecule has 2 amide bonds. The van der Waals surface area contributed by atoms with E-state index in [9.17, 15) is 9.59 Å². The molecule has 3 aromatic rings. The van der Waals surface area contributed by atoms with Crippen molar-refractivity contribution in [2.45, 2.75) is 39.3 Å². The fourth-order valence-electron chi connectivity index (χ4n) is 3.96. The van der Waals surface area contributed by atoms with E-state index in [-0.39, 0.29) is 24.2 Å². The molecule has 0 radical (unpaired) electrons. The van der Waals surface area contributed by atoms with Crippen molar-refractivity contribution < 1.29 is 14.3 Å². The van der Waals surface area contributed by atoms with Crippen LogP contribution in [0.1, 0.15) is 36.5 Å². The lowest BCUT2D eigenvalue weighted by Gasteiger charge is -2.30. The Morgan fingerprint density at radius 3 is 2.64 bits per heavy atom. The Bertz CT molecular complexity index is 1160. The first-order chi connectivity index (χ1) is 15.9. The molecule has 1 atom stereocenters. The van der Waals surface area contributed by atoms with Crippen molar-refractivity contribution in [1.29, 1.82) is 0 Å². The van der Waals surface area contributed by atoms with Crippen LogP contribution >= 0.6 is 0 Å². The number of H-pyrrole nitrogens is 1. The minimum absolute atomic E-state index is 0.162. The number of ether oxygens (including phenoxy) is 2. The fourth-order valence-corrected chi connectivity index (χ4v) is 3.96. The third-order valence-corrected chi connectivity index (χ3v) is 5.86. The van der Waals surface area contributed by atoms with Crippen molar-refractivity contribution in [2.24, 2.45) is 0 Å². The van der Waals surface area contributed by atoms with Gasteiger partial charge in [0.05, 0.1) is 39.0 Å². The predicted octanol–water partition coefficient (Wildman–Crippen LogP) is 4.41. The lowest BCUT2D eigenvalue weighted by Crippen LogP contribution is -2.44. The summed E-state index contributed by atoms with van der Waals surface area (Å²) in [5.74, 6) is 0.415. The Labute approximate surface area is 193 Å². The molecule has 33 heavy (non-hydrogen) atoms. The minimum atomic E-state index is -0.287. The molecule has 0 aliphatic carbocycles. The van der Waals surface area contributed by atoms with E-state index in [0.717, 1.165) is 16.5 Å². The average Bonchev–Trinajstić information content (AvgIpc) is 2.80. The molecule has 174 valence electrons. The number of amides is 2. The molecule has 0 bridgehead atoms. The molecule has 4 rings (SSSR count). The first kappa shape index (κ1) is 23.0. The summed E-state index contributed by atoms with van der Waals surface area (Å²) < 4.78 is 11.3. The van der Waals surface area contributed by atoms with E-state index in [0.29, 0.717) is 43.5 Å². The van der Waals surface area contributed by atoms with Gasteiger partial charge >= 0.3 is 6.03 Å². The van der Waals surface area contributed by atoms with Crippen molar-refractivity contribution in [1.82, 2.24) is 9.88 Å². The first-order valence-electron chi connectivity index (χ1n) is 11.4. The van der Waals surface area contributed by atoms with Crippen molar-refractivity contribution in [3.05, 3.63) is 75.6 Å². The number of aryl methyl sites for hydroxylation is 1. The van der Waals surface area contributed by atoms with Gasteiger partial charge in [-0.05, 0) is 54.1 Å². The summed E-state index contributed by atoms with van der Waals surface area (Å²) in [5.41, 5.74) is 4.11. The van der Waals surface area contributed by atoms with Crippen LogP contribution in [0.3, 0.4) is 0 Å². The number of nitrogens with zero attached hydrogens (tertiary/aromatic N) is 1. The zero-order chi connectivity index (χ0) is 23.4. The Balaban J connectivity index is 1.57. The molecular weight excluding hydrogens is 418 g/mol. The van der Waals surface area contributed by atoms with Crippen LogP contribution in [0.4, 0.5) is 10.5 Å².